The van der Waals surface area contributed by atoms with Crippen molar-refractivity contribution < 1.29 is 23.0 Å². The van der Waals surface area contributed by atoms with E-state index in [0.717, 1.165) is 17.8 Å². The van der Waals surface area contributed by atoms with Gasteiger partial charge in [0.05, 0.1) is 26.0 Å². The van der Waals surface area contributed by atoms with E-state index in [1.54, 1.807) is 13.0 Å². The van der Waals surface area contributed by atoms with Gasteiger partial charge in [0.1, 0.15) is 17.3 Å². The van der Waals surface area contributed by atoms with Gasteiger partial charge in [-0.1, -0.05) is 0 Å². The van der Waals surface area contributed by atoms with Gasteiger partial charge >= 0.3 is 5.97 Å². The Hall–Kier alpha value is -3.62. The largest absolute Gasteiger partial charge is 0.494 e. The van der Waals surface area contributed by atoms with Crippen LogP contribution in [0.2, 0.25) is 0 Å². The van der Waals surface area contributed by atoms with Crippen molar-refractivity contribution in [2.45, 2.75) is 13.3 Å². The van der Waals surface area contributed by atoms with Crippen LogP contribution in [-0.2, 0) is 4.74 Å². The fourth-order valence-corrected chi connectivity index (χ4v) is 2.79. The van der Waals surface area contributed by atoms with Crippen LogP contribution in [0.15, 0.2) is 47.7 Å². The van der Waals surface area contributed by atoms with Crippen molar-refractivity contribution in [3.05, 3.63) is 70.0 Å². The minimum absolute atomic E-state index is 0.0288. The van der Waals surface area contributed by atoms with Crippen molar-refractivity contribution in [3.63, 3.8) is 0 Å². The summed E-state index contributed by atoms with van der Waals surface area (Å²) in [6.07, 6.45) is 1.10. The molecule has 0 saturated carbocycles. The molecule has 0 spiro atoms. The number of nitrogens with zero attached hydrogens (tertiary/aromatic N) is 3. The lowest BCUT2D eigenvalue weighted by Crippen LogP contribution is -2.18. The maximum Gasteiger partial charge on any atom is 0.340 e. The first-order valence-corrected chi connectivity index (χ1v) is 8.46. The number of aryl methyl sites for hydroxylation is 1. The first kappa shape index (κ1) is 20.1. The smallest absolute Gasteiger partial charge is 0.340 e. The Labute approximate surface area is 164 Å². The van der Waals surface area contributed by atoms with Gasteiger partial charge in [-0.15, -0.1) is 0 Å². The van der Waals surface area contributed by atoms with Gasteiger partial charge in [0.2, 0.25) is 0 Å². The van der Waals surface area contributed by atoms with Crippen molar-refractivity contribution in [2.75, 3.05) is 14.2 Å². The molecule has 3 heterocycles. The highest BCUT2D eigenvalue weighted by atomic mass is 19.3. The predicted molar refractivity (Wildman–Crippen MR) is 101 cm³/mol. The summed E-state index contributed by atoms with van der Waals surface area (Å²) in [7, 11) is 2.55. The van der Waals surface area contributed by atoms with Gasteiger partial charge in [0.25, 0.3) is 12.0 Å². The van der Waals surface area contributed by atoms with Crippen LogP contribution in [0.5, 0.6) is 5.75 Å². The zero-order valence-corrected chi connectivity index (χ0v) is 15.8. The Kier molecular flexibility index (Phi) is 5.67. The molecule has 9 heteroatoms. The normalized spacial score (nSPS) is 10.8. The summed E-state index contributed by atoms with van der Waals surface area (Å²) in [5, 5.41) is 0. The topological polar surface area (TPSA) is 83.3 Å². The van der Waals surface area contributed by atoms with Crippen LogP contribution in [0.1, 0.15) is 28.0 Å². The third-order valence-electron chi connectivity index (χ3n) is 4.24. The van der Waals surface area contributed by atoms with Crippen molar-refractivity contribution in [1.29, 1.82) is 0 Å². The SMILES string of the molecule is COC(=O)c1cnc(-n2ccc(C)cc2=O)cc1-c1cc(C(F)F)ncc1OC. The molecule has 29 heavy (non-hydrogen) atoms. The predicted octanol–water partition coefficient (Wildman–Crippen LogP) is 3.34. The number of aromatic nitrogens is 3. The average Bonchev–Trinajstić information content (AvgIpc) is 2.72. The van der Waals surface area contributed by atoms with Crippen LogP contribution in [-0.4, -0.2) is 34.7 Å². The third kappa shape index (κ3) is 3.98. The third-order valence-corrected chi connectivity index (χ3v) is 4.24. The standard InChI is InChI=1S/C20H17F2N3O4/c1-11-4-5-25(18(26)6-11)17-8-12(14(9-24-17)20(27)29-3)13-7-15(19(21)22)23-10-16(13)28-2/h4-10,19H,1-3H3. The van der Waals surface area contributed by atoms with E-state index in [9.17, 15) is 18.4 Å². The molecule has 0 amide bonds. The molecule has 0 aliphatic heterocycles. The number of methoxy groups -OCH3 is 2. The molecule has 3 aromatic heterocycles. The summed E-state index contributed by atoms with van der Waals surface area (Å²) in [6.45, 7) is 1.78. The van der Waals surface area contributed by atoms with Crippen LogP contribution < -0.4 is 10.3 Å². The highest BCUT2D eigenvalue weighted by molar-refractivity contribution is 5.98. The molecule has 0 N–H and O–H groups in total. The van der Waals surface area contributed by atoms with Crippen molar-refractivity contribution in [2.24, 2.45) is 0 Å². The summed E-state index contributed by atoms with van der Waals surface area (Å²) >= 11 is 0. The van der Waals surface area contributed by atoms with E-state index in [4.69, 9.17) is 9.47 Å². The summed E-state index contributed by atoms with van der Waals surface area (Å²) in [4.78, 5) is 32.4. The van der Waals surface area contributed by atoms with Crippen molar-refractivity contribution in [1.82, 2.24) is 14.5 Å². The molecule has 3 aromatic rings. The summed E-state index contributed by atoms with van der Waals surface area (Å²) in [6, 6.07) is 5.72. The molecule has 0 aliphatic carbocycles. The molecule has 0 saturated heterocycles. The lowest BCUT2D eigenvalue weighted by molar-refractivity contribution is 0.0601. The molecule has 0 atom stereocenters. The van der Waals surface area contributed by atoms with E-state index < -0.39 is 18.1 Å². The van der Waals surface area contributed by atoms with Crippen LogP contribution >= 0.6 is 0 Å². The highest BCUT2D eigenvalue weighted by Crippen LogP contribution is 2.35. The van der Waals surface area contributed by atoms with Gasteiger partial charge in [0.15, 0.2) is 0 Å². The average molecular weight is 401 g/mol. The molecule has 3 rings (SSSR count). The number of carbonyl (C=O) groups excluding carboxylic acids is 1. The second kappa shape index (κ2) is 8.17. The van der Waals surface area contributed by atoms with E-state index in [2.05, 4.69) is 9.97 Å². The molecule has 0 aliphatic rings. The zero-order valence-electron chi connectivity index (χ0n) is 15.8. The van der Waals surface area contributed by atoms with Gasteiger partial charge in [-0.25, -0.2) is 18.6 Å². The van der Waals surface area contributed by atoms with Crippen molar-refractivity contribution in [3.8, 4) is 22.7 Å². The van der Waals surface area contributed by atoms with Gasteiger partial charge < -0.3 is 9.47 Å². The highest BCUT2D eigenvalue weighted by Gasteiger charge is 2.21. The maximum atomic E-state index is 13.2. The molecule has 0 radical (unpaired) electrons. The first-order chi connectivity index (χ1) is 13.8. The fourth-order valence-electron chi connectivity index (χ4n) is 2.79. The Morgan fingerprint density at radius 3 is 2.48 bits per heavy atom. The van der Waals surface area contributed by atoms with E-state index in [0.29, 0.717) is 0 Å². The Morgan fingerprint density at radius 2 is 1.86 bits per heavy atom. The van der Waals surface area contributed by atoms with Gasteiger partial charge in [0, 0.05) is 29.6 Å². The summed E-state index contributed by atoms with van der Waals surface area (Å²) < 4.78 is 37.7. The molecule has 0 bridgehead atoms. The number of hydrogen-bond donors (Lipinski definition) is 0. The number of alkyl halides is 2. The number of ether oxygens (including phenoxy) is 2. The van der Waals surface area contributed by atoms with Crippen LogP contribution in [0.25, 0.3) is 16.9 Å². The Balaban J connectivity index is 2.30. The van der Waals surface area contributed by atoms with E-state index in [1.165, 1.54) is 43.3 Å². The van der Waals surface area contributed by atoms with E-state index in [-0.39, 0.29) is 33.8 Å². The second-order valence-electron chi connectivity index (χ2n) is 6.10. The van der Waals surface area contributed by atoms with E-state index >= 15 is 0 Å². The Morgan fingerprint density at radius 1 is 1.10 bits per heavy atom. The Bertz CT molecular complexity index is 1130. The molecule has 0 aromatic carbocycles. The summed E-state index contributed by atoms with van der Waals surface area (Å²) in [5.74, 6) is -0.337. The van der Waals surface area contributed by atoms with Crippen LogP contribution in [0.3, 0.4) is 0 Å². The van der Waals surface area contributed by atoms with Crippen molar-refractivity contribution >= 4 is 5.97 Å². The van der Waals surface area contributed by atoms with Crippen LogP contribution in [0.4, 0.5) is 8.78 Å². The van der Waals surface area contributed by atoms with Gasteiger partial charge in [-0.2, -0.15) is 0 Å². The fraction of sp³-hybridized carbons (Fsp3) is 0.200. The van der Waals surface area contributed by atoms with Gasteiger partial charge in [-0.3, -0.25) is 14.3 Å². The van der Waals surface area contributed by atoms with E-state index in [1.807, 2.05) is 0 Å². The second-order valence-corrected chi connectivity index (χ2v) is 6.10. The zero-order chi connectivity index (χ0) is 21.1. The molecule has 0 fully saturated rings. The van der Waals surface area contributed by atoms with Crippen LogP contribution in [0, 0.1) is 6.92 Å². The number of pyridine rings is 3. The lowest BCUT2D eigenvalue weighted by atomic mass is 10.0. The molecule has 150 valence electrons. The number of hydrogen-bond acceptors (Lipinski definition) is 6. The minimum atomic E-state index is -2.82. The maximum absolute atomic E-state index is 13.2. The lowest BCUT2D eigenvalue weighted by Gasteiger charge is -2.15. The number of halogens is 2. The summed E-state index contributed by atoms with van der Waals surface area (Å²) in [5.41, 5.74) is 0.403. The molecular weight excluding hydrogens is 384 g/mol. The monoisotopic (exact) mass is 401 g/mol. The minimum Gasteiger partial charge on any atom is -0.494 e. The number of esters is 1. The van der Waals surface area contributed by atoms with Gasteiger partial charge in [-0.05, 0) is 30.7 Å². The number of rotatable bonds is 5. The molecular formula is C20H17F2N3O4. The number of carbonyl (C=O) groups is 1. The first-order valence-electron chi connectivity index (χ1n) is 8.46. The quantitative estimate of drug-likeness (QED) is 0.610. The molecule has 7 nitrogen and oxygen atoms in total. The molecule has 0 unspecified atom stereocenters.